The fourth-order valence-corrected chi connectivity index (χ4v) is 1.21. The molecule has 0 bridgehead atoms. The first-order valence-electron chi connectivity index (χ1n) is 3.63. The SMILES string of the molecule is O=C1C(=O)C(O)C(O)CC1CO. The fourth-order valence-electron chi connectivity index (χ4n) is 1.21. The van der Waals surface area contributed by atoms with Crippen LogP contribution < -0.4 is 0 Å². The smallest absolute Gasteiger partial charge is 0.229 e. The van der Waals surface area contributed by atoms with Crippen molar-refractivity contribution >= 4 is 11.6 Å². The molecule has 0 spiro atoms. The summed E-state index contributed by atoms with van der Waals surface area (Å²) in [6.45, 7) is -0.464. The van der Waals surface area contributed by atoms with Crippen molar-refractivity contribution < 1.29 is 24.9 Å². The van der Waals surface area contributed by atoms with Crippen molar-refractivity contribution in [3.05, 3.63) is 0 Å². The molecule has 5 heteroatoms. The van der Waals surface area contributed by atoms with Gasteiger partial charge in [0.15, 0.2) is 0 Å². The van der Waals surface area contributed by atoms with Crippen LogP contribution in [0.25, 0.3) is 0 Å². The molecule has 68 valence electrons. The van der Waals surface area contributed by atoms with Crippen LogP contribution in [0.3, 0.4) is 0 Å². The first kappa shape index (κ1) is 9.31. The maximum Gasteiger partial charge on any atom is 0.229 e. The monoisotopic (exact) mass is 174 g/mol. The number of aliphatic hydroxyl groups is 3. The molecule has 0 aliphatic heterocycles. The number of carbonyl (C=O) groups is 2. The summed E-state index contributed by atoms with van der Waals surface area (Å²) in [6, 6.07) is 0. The lowest BCUT2D eigenvalue weighted by atomic mass is 9.84. The molecule has 0 radical (unpaired) electrons. The van der Waals surface area contributed by atoms with Crippen molar-refractivity contribution in [2.75, 3.05) is 6.61 Å². The standard InChI is InChI=1S/C7H10O5/c8-2-3-1-4(9)6(11)7(12)5(3)10/h3-4,6,8-9,11H,1-2H2. The average Bonchev–Trinajstić information content (AvgIpc) is 2.08. The van der Waals surface area contributed by atoms with Gasteiger partial charge in [-0.3, -0.25) is 9.59 Å². The van der Waals surface area contributed by atoms with Gasteiger partial charge in [0, 0.05) is 0 Å². The van der Waals surface area contributed by atoms with Crippen molar-refractivity contribution in [3.63, 3.8) is 0 Å². The molecule has 1 aliphatic rings. The third kappa shape index (κ3) is 1.38. The van der Waals surface area contributed by atoms with Crippen molar-refractivity contribution in [1.29, 1.82) is 0 Å². The summed E-state index contributed by atoms with van der Waals surface area (Å²) in [7, 11) is 0. The van der Waals surface area contributed by atoms with Gasteiger partial charge in [-0.2, -0.15) is 0 Å². The summed E-state index contributed by atoms with van der Waals surface area (Å²) < 4.78 is 0. The molecule has 1 aliphatic carbocycles. The first-order chi connectivity index (χ1) is 5.57. The summed E-state index contributed by atoms with van der Waals surface area (Å²) in [5.74, 6) is -2.65. The summed E-state index contributed by atoms with van der Waals surface area (Å²) >= 11 is 0. The Morgan fingerprint density at radius 3 is 2.33 bits per heavy atom. The van der Waals surface area contributed by atoms with Gasteiger partial charge in [0.25, 0.3) is 0 Å². The Balaban J connectivity index is 2.77. The Hall–Kier alpha value is -0.780. The Morgan fingerprint density at radius 1 is 1.25 bits per heavy atom. The Labute approximate surface area is 68.6 Å². The molecular formula is C7H10O5. The van der Waals surface area contributed by atoms with Crippen LogP contribution in [0, 0.1) is 5.92 Å². The molecule has 3 atom stereocenters. The molecule has 0 aromatic carbocycles. The van der Waals surface area contributed by atoms with E-state index in [-0.39, 0.29) is 6.42 Å². The van der Waals surface area contributed by atoms with Crippen LogP contribution >= 0.6 is 0 Å². The molecule has 0 aromatic rings. The minimum atomic E-state index is -1.61. The van der Waals surface area contributed by atoms with E-state index in [1.54, 1.807) is 0 Å². The lowest BCUT2D eigenvalue weighted by Crippen LogP contribution is -2.48. The van der Waals surface area contributed by atoms with E-state index in [9.17, 15) is 9.59 Å². The molecule has 3 unspecified atom stereocenters. The Kier molecular flexibility index (Phi) is 2.56. The van der Waals surface area contributed by atoms with Gasteiger partial charge < -0.3 is 15.3 Å². The first-order valence-corrected chi connectivity index (χ1v) is 3.63. The van der Waals surface area contributed by atoms with Gasteiger partial charge >= 0.3 is 0 Å². The highest BCUT2D eigenvalue weighted by Crippen LogP contribution is 2.18. The zero-order valence-electron chi connectivity index (χ0n) is 6.30. The Bertz CT molecular complexity index is 206. The quantitative estimate of drug-likeness (QED) is 0.394. The molecule has 1 saturated carbocycles. The van der Waals surface area contributed by atoms with Crippen LogP contribution in [-0.2, 0) is 9.59 Å². The third-order valence-electron chi connectivity index (χ3n) is 1.99. The minimum Gasteiger partial charge on any atom is -0.396 e. The van der Waals surface area contributed by atoms with Crippen molar-refractivity contribution in [2.45, 2.75) is 18.6 Å². The summed E-state index contributed by atoms with van der Waals surface area (Å²) in [4.78, 5) is 21.8. The summed E-state index contributed by atoms with van der Waals surface area (Å²) in [5, 5.41) is 26.6. The van der Waals surface area contributed by atoms with E-state index in [0.29, 0.717) is 0 Å². The highest BCUT2D eigenvalue weighted by molar-refractivity contribution is 6.40. The van der Waals surface area contributed by atoms with Crippen LogP contribution in [0.2, 0.25) is 0 Å². The van der Waals surface area contributed by atoms with Crippen LogP contribution in [0.15, 0.2) is 0 Å². The minimum absolute atomic E-state index is 0.0533. The second kappa shape index (κ2) is 3.30. The topological polar surface area (TPSA) is 94.8 Å². The number of hydrogen-bond donors (Lipinski definition) is 3. The van der Waals surface area contributed by atoms with E-state index in [2.05, 4.69) is 0 Å². The van der Waals surface area contributed by atoms with E-state index in [0.717, 1.165) is 0 Å². The average molecular weight is 174 g/mol. The Morgan fingerprint density at radius 2 is 1.83 bits per heavy atom. The third-order valence-corrected chi connectivity index (χ3v) is 1.99. The van der Waals surface area contributed by atoms with Crippen molar-refractivity contribution in [1.82, 2.24) is 0 Å². The normalized spacial score (nSPS) is 37.1. The second-order valence-corrected chi connectivity index (χ2v) is 2.86. The number of carbonyl (C=O) groups excluding carboxylic acids is 2. The highest BCUT2D eigenvalue weighted by Gasteiger charge is 2.40. The van der Waals surface area contributed by atoms with Crippen LogP contribution in [0.5, 0.6) is 0 Å². The number of hydrogen-bond acceptors (Lipinski definition) is 5. The fraction of sp³-hybridized carbons (Fsp3) is 0.714. The zero-order chi connectivity index (χ0) is 9.30. The van der Waals surface area contributed by atoms with E-state index in [4.69, 9.17) is 15.3 Å². The van der Waals surface area contributed by atoms with Gasteiger partial charge in [-0.1, -0.05) is 0 Å². The predicted octanol–water partition coefficient (Wildman–Crippen LogP) is -2.14. The molecule has 0 aromatic heterocycles. The molecular weight excluding hydrogens is 164 g/mol. The van der Waals surface area contributed by atoms with Crippen molar-refractivity contribution in [2.24, 2.45) is 5.92 Å². The molecule has 12 heavy (non-hydrogen) atoms. The summed E-state index contributed by atoms with van der Waals surface area (Å²) in [6.07, 6.45) is -2.89. The van der Waals surface area contributed by atoms with E-state index in [1.165, 1.54) is 0 Å². The van der Waals surface area contributed by atoms with Gasteiger partial charge in [-0.05, 0) is 6.42 Å². The van der Waals surface area contributed by atoms with Gasteiger partial charge in [-0.15, -0.1) is 0 Å². The van der Waals surface area contributed by atoms with Crippen LogP contribution in [0.4, 0.5) is 0 Å². The number of aliphatic hydroxyl groups excluding tert-OH is 3. The molecule has 0 saturated heterocycles. The lowest BCUT2D eigenvalue weighted by Gasteiger charge is -2.26. The maximum atomic E-state index is 10.9. The largest absolute Gasteiger partial charge is 0.396 e. The second-order valence-electron chi connectivity index (χ2n) is 2.86. The lowest BCUT2D eigenvalue weighted by molar-refractivity contribution is -0.154. The van der Waals surface area contributed by atoms with Gasteiger partial charge in [0.2, 0.25) is 11.6 Å². The molecule has 0 heterocycles. The number of ketones is 2. The summed E-state index contributed by atoms with van der Waals surface area (Å²) in [5.41, 5.74) is 0. The van der Waals surface area contributed by atoms with E-state index in [1.807, 2.05) is 0 Å². The van der Waals surface area contributed by atoms with Crippen LogP contribution in [-0.4, -0.2) is 45.7 Å². The molecule has 1 rings (SSSR count). The molecule has 0 amide bonds. The van der Waals surface area contributed by atoms with Gasteiger partial charge in [0.1, 0.15) is 6.10 Å². The van der Waals surface area contributed by atoms with Crippen LogP contribution in [0.1, 0.15) is 6.42 Å². The van der Waals surface area contributed by atoms with Crippen molar-refractivity contribution in [3.8, 4) is 0 Å². The molecule has 1 fully saturated rings. The maximum absolute atomic E-state index is 10.9. The molecule has 3 N–H and O–H groups in total. The highest BCUT2D eigenvalue weighted by atomic mass is 16.3. The number of Topliss-reactive ketones (excluding diaryl/α,β-unsaturated/α-hetero) is 2. The predicted molar refractivity (Wildman–Crippen MR) is 37.2 cm³/mol. The number of rotatable bonds is 1. The van der Waals surface area contributed by atoms with Gasteiger partial charge in [-0.25, -0.2) is 0 Å². The van der Waals surface area contributed by atoms with E-state index >= 15 is 0 Å². The van der Waals surface area contributed by atoms with Gasteiger partial charge in [0.05, 0.1) is 18.6 Å². The molecule has 5 nitrogen and oxygen atoms in total. The van der Waals surface area contributed by atoms with E-state index < -0.39 is 36.3 Å². The zero-order valence-corrected chi connectivity index (χ0v) is 6.30.